The highest BCUT2D eigenvalue weighted by Crippen LogP contribution is 2.12. The zero-order chi connectivity index (χ0) is 11.5. The van der Waals surface area contributed by atoms with E-state index in [0.717, 1.165) is 37.9 Å². The van der Waals surface area contributed by atoms with Crippen LogP contribution < -0.4 is 5.32 Å². The predicted molar refractivity (Wildman–Crippen MR) is 68.4 cm³/mol. The molecule has 1 aromatic rings. The van der Waals surface area contributed by atoms with Crippen molar-refractivity contribution < 1.29 is 4.52 Å². The molecule has 17 heavy (non-hydrogen) atoms. The maximum Gasteiger partial charge on any atom is 0.240 e. The fourth-order valence-corrected chi connectivity index (χ4v) is 1.86. The second kappa shape index (κ2) is 6.33. The van der Waals surface area contributed by atoms with Crippen molar-refractivity contribution in [3.05, 3.63) is 11.7 Å². The second-order valence-electron chi connectivity index (χ2n) is 4.72. The van der Waals surface area contributed by atoms with Crippen LogP contribution in [0.2, 0.25) is 0 Å². The van der Waals surface area contributed by atoms with E-state index in [-0.39, 0.29) is 12.4 Å². The van der Waals surface area contributed by atoms with Gasteiger partial charge < -0.3 is 9.84 Å². The SMILES string of the molecule is CC(C)c1noc(CN2CCNCC2C)n1.Cl. The Morgan fingerprint density at radius 1 is 1.53 bits per heavy atom. The summed E-state index contributed by atoms with van der Waals surface area (Å²) in [5.41, 5.74) is 0. The molecule has 1 aliphatic heterocycles. The van der Waals surface area contributed by atoms with Crippen molar-refractivity contribution in [2.24, 2.45) is 0 Å². The van der Waals surface area contributed by atoms with Crippen LogP contribution in [-0.4, -0.2) is 40.7 Å². The minimum absolute atomic E-state index is 0. The molecule has 2 heterocycles. The average molecular weight is 261 g/mol. The standard InChI is InChI=1S/C11H20N4O.ClH/c1-8(2)11-13-10(16-14-11)7-15-5-4-12-6-9(15)3;/h8-9,12H,4-7H2,1-3H3;1H. The van der Waals surface area contributed by atoms with E-state index in [1.165, 1.54) is 0 Å². The third kappa shape index (κ3) is 3.66. The molecule has 5 nitrogen and oxygen atoms in total. The summed E-state index contributed by atoms with van der Waals surface area (Å²) in [5.74, 6) is 1.87. The summed E-state index contributed by atoms with van der Waals surface area (Å²) in [7, 11) is 0. The molecule has 2 rings (SSSR count). The van der Waals surface area contributed by atoms with Gasteiger partial charge in [0.05, 0.1) is 6.54 Å². The highest BCUT2D eigenvalue weighted by molar-refractivity contribution is 5.85. The summed E-state index contributed by atoms with van der Waals surface area (Å²) in [5, 5.41) is 7.34. The van der Waals surface area contributed by atoms with Crippen molar-refractivity contribution >= 4 is 12.4 Å². The third-order valence-electron chi connectivity index (χ3n) is 2.98. The van der Waals surface area contributed by atoms with Crippen molar-refractivity contribution in [1.82, 2.24) is 20.4 Å². The van der Waals surface area contributed by atoms with E-state index in [9.17, 15) is 0 Å². The first-order chi connectivity index (χ1) is 7.66. The molecule has 1 saturated heterocycles. The highest BCUT2D eigenvalue weighted by Gasteiger charge is 2.20. The van der Waals surface area contributed by atoms with Crippen LogP contribution in [0.25, 0.3) is 0 Å². The Bertz CT molecular complexity index is 342. The normalized spacial score (nSPS) is 21.5. The van der Waals surface area contributed by atoms with E-state index in [0.29, 0.717) is 12.0 Å². The van der Waals surface area contributed by atoms with Crippen LogP contribution >= 0.6 is 12.4 Å². The third-order valence-corrected chi connectivity index (χ3v) is 2.98. The number of nitrogens with zero attached hydrogens (tertiary/aromatic N) is 3. The molecule has 6 heteroatoms. The van der Waals surface area contributed by atoms with Crippen LogP contribution in [0.15, 0.2) is 4.52 Å². The molecule has 1 unspecified atom stereocenters. The van der Waals surface area contributed by atoms with Gasteiger partial charge in [-0.05, 0) is 6.92 Å². The molecule has 0 saturated carbocycles. The number of hydrogen-bond acceptors (Lipinski definition) is 5. The van der Waals surface area contributed by atoms with Gasteiger partial charge in [0.25, 0.3) is 0 Å². The largest absolute Gasteiger partial charge is 0.338 e. The quantitative estimate of drug-likeness (QED) is 0.891. The van der Waals surface area contributed by atoms with Crippen molar-refractivity contribution in [3.63, 3.8) is 0 Å². The number of piperazine rings is 1. The van der Waals surface area contributed by atoms with Gasteiger partial charge in [-0.1, -0.05) is 19.0 Å². The Balaban J connectivity index is 0.00000144. The summed E-state index contributed by atoms with van der Waals surface area (Å²) in [6.45, 7) is 10.2. The lowest BCUT2D eigenvalue weighted by atomic mass is 10.2. The lowest BCUT2D eigenvalue weighted by molar-refractivity contribution is 0.146. The molecule has 1 atom stereocenters. The van der Waals surface area contributed by atoms with Crippen LogP contribution in [0.5, 0.6) is 0 Å². The molecule has 0 bridgehead atoms. The number of rotatable bonds is 3. The van der Waals surface area contributed by atoms with Gasteiger partial charge in [0, 0.05) is 31.6 Å². The first-order valence-electron chi connectivity index (χ1n) is 5.94. The van der Waals surface area contributed by atoms with Crippen LogP contribution in [0, 0.1) is 0 Å². The van der Waals surface area contributed by atoms with Gasteiger partial charge in [0.2, 0.25) is 5.89 Å². The van der Waals surface area contributed by atoms with E-state index in [2.05, 4.69) is 41.1 Å². The van der Waals surface area contributed by atoms with Gasteiger partial charge in [-0.3, -0.25) is 4.90 Å². The predicted octanol–water partition coefficient (Wildman–Crippen LogP) is 1.41. The van der Waals surface area contributed by atoms with E-state index in [4.69, 9.17) is 4.52 Å². The Morgan fingerprint density at radius 2 is 2.29 bits per heavy atom. The highest BCUT2D eigenvalue weighted by atomic mass is 35.5. The molecule has 1 N–H and O–H groups in total. The van der Waals surface area contributed by atoms with E-state index < -0.39 is 0 Å². The minimum atomic E-state index is 0. The molecule has 98 valence electrons. The van der Waals surface area contributed by atoms with Gasteiger partial charge in [-0.25, -0.2) is 0 Å². The number of hydrogen-bond donors (Lipinski definition) is 1. The monoisotopic (exact) mass is 260 g/mol. The minimum Gasteiger partial charge on any atom is -0.338 e. The Kier molecular flexibility index (Phi) is 5.36. The van der Waals surface area contributed by atoms with E-state index in [1.807, 2.05) is 0 Å². The summed E-state index contributed by atoms with van der Waals surface area (Å²) >= 11 is 0. The lowest BCUT2D eigenvalue weighted by Crippen LogP contribution is -2.49. The summed E-state index contributed by atoms with van der Waals surface area (Å²) in [6.07, 6.45) is 0. The maximum absolute atomic E-state index is 5.25. The molecule has 0 radical (unpaired) electrons. The average Bonchev–Trinajstić information content (AvgIpc) is 2.70. The molecule has 0 aromatic carbocycles. The van der Waals surface area contributed by atoms with E-state index in [1.54, 1.807) is 0 Å². The van der Waals surface area contributed by atoms with Gasteiger partial charge in [-0.15, -0.1) is 12.4 Å². The number of halogens is 1. The van der Waals surface area contributed by atoms with Gasteiger partial charge >= 0.3 is 0 Å². The van der Waals surface area contributed by atoms with Gasteiger partial charge in [-0.2, -0.15) is 4.98 Å². The molecule has 1 aliphatic rings. The Morgan fingerprint density at radius 3 is 2.88 bits per heavy atom. The summed E-state index contributed by atoms with van der Waals surface area (Å²) < 4.78 is 5.25. The van der Waals surface area contributed by atoms with Crippen molar-refractivity contribution in [3.8, 4) is 0 Å². The summed E-state index contributed by atoms with van der Waals surface area (Å²) in [6, 6.07) is 0.531. The molecular weight excluding hydrogens is 240 g/mol. The van der Waals surface area contributed by atoms with Crippen molar-refractivity contribution in [2.75, 3.05) is 19.6 Å². The number of aromatic nitrogens is 2. The lowest BCUT2D eigenvalue weighted by Gasteiger charge is -2.32. The second-order valence-corrected chi connectivity index (χ2v) is 4.72. The Labute approximate surface area is 108 Å². The zero-order valence-corrected chi connectivity index (χ0v) is 11.5. The first kappa shape index (κ1) is 14.4. The van der Waals surface area contributed by atoms with Crippen molar-refractivity contribution in [1.29, 1.82) is 0 Å². The fourth-order valence-electron chi connectivity index (χ4n) is 1.86. The van der Waals surface area contributed by atoms with Crippen LogP contribution in [-0.2, 0) is 6.54 Å². The van der Waals surface area contributed by atoms with E-state index >= 15 is 0 Å². The number of nitrogens with one attached hydrogen (secondary N) is 1. The Hall–Kier alpha value is -0.650. The van der Waals surface area contributed by atoms with Crippen molar-refractivity contribution in [2.45, 2.75) is 39.3 Å². The first-order valence-corrected chi connectivity index (χ1v) is 5.94. The smallest absolute Gasteiger partial charge is 0.240 e. The zero-order valence-electron chi connectivity index (χ0n) is 10.6. The van der Waals surface area contributed by atoms with Gasteiger partial charge in [0.1, 0.15) is 0 Å². The molecule has 1 fully saturated rings. The van der Waals surface area contributed by atoms with Crippen LogP contribution in [0.4, 0.5) is 0 Å². The molecule has 1 aromatic heterocycles. The molecule has 0 spiro atoms. The molecular formula is C11H21ClN4O. The molecule has 0 amide bonds. The summed E-state index contributed by atoms with van der Waals surface area (Å²) in [4.78, 5) is 6.77. The molecule has 0 aliphatic carbocycles. The topological polar surface area (TPSA) is 54.2 Å². The maximum atomic E-state index is 5.25. The van der Waals surface area contributed by atoms with Crippen LogP contribution in [0.1, 0.15) is 38.4 Å². The van der Waals surface area contributed by atoms with Crippen LogP contribution in [0.3, 0.4) is 0 Å². The fraction of sp³-hybridized carbons (Fsp3) is 0.818. The van der Waals surface area contributed by atoms with Gasteiger partial charge in [0.15, 0.2) is 5.82 Å².